The largest absolute Gasteiger partial charge is 0.497 e. The second-order valence-corrected chi connectivity index (χ2v) is 6.48. The van der Waals surface area contributed by atoms with Crippen LogP contribution >= 0.6 is 11.6 Å². The number of carbonyl (C=O) groups excluding carboxylic acids is 1. The fraction of sp³-hybridized carbons (Fsp3) is 0.350. The van der Waals surface area contributed by atoms with E-state index in [1.807, 2.05) is 24.3 Å². The third-order valence-electron chi connectivity index (χ3n) is 4.12. The van der Waals surface area contributed by atoms with Crippen molar-refractivity contribution in [3.05, 3.63) is 64.7 Å². The van der Waals surface area contributed by atoms with E-state index < -0.39 is 6.10 Å². The summed E-state index contributed by atoms with van der Waals surface area (Å²) in [6.45, 7) is 0.266. The quantitative estimate of drug-likeness (QED) is 0.776. The van der Waals surface area contributed by atoms with Crippen molar-refractivity contribution in [2.45, 2.75) is 25.4 Å². The Morgan fingerprint density at radius 3 is 2.60 bits per heavy atom. The normalized spacial score (nSPS) is 11.8. The number of nitrogens with zero attached hydrogens (tertiary/aromatic N) is 1. The molecule has 5 heteroatoms. The predicted octanol–water partition coefficient (Wildman–Crippen LogP) is 3.86. The van der Waals surface area contributed by atoms with Gasteiger partial charge in [0.1, 0.15) is 5.75 Å². The van der Waals surface area contributed by atoms with Crippen LogP contribution in [0.4, 0.5) is 0 Å². The number of halogens is 1. The van der Waals surface area contributed by atoms with E-state index in [1.165, 1.54) is 0 Å². The van der Waals surface area contributed by atoms with Gasteiger partial charge in [-0.2, -0.15) is 0 Å². The van der Waals surface area contributed by atoms with Gasteiger partial charge in [-0.15, -0.1) is 0 Å². The number of benzene rings is 2. The molecule has 0 saturated heterocycles. The highest BCUT2D eigenvalue weighted by Gasteiger charge is 2.15. The zero-order chi connectivity index (χ0) is 18.2. The molecular formula is C20H24ClNO3. The van der Waals surface area contributed by atoms with Crippen molar-refractivity contribution in [3.8, 4) is 5.75 Å². The molecule has 0 aliphatic rings. The topological polar surface area (TPSA) is 49.8 Å². The maximum Gasteiger partial charge on any atom is 0.222 e. The summed E-state index contributed by atoms with van der Waals surface area (Å²) < 4.78 is 5.10. The number of amides is 1. The zero-order valence-corrected chi connectivity index (χ0v) is 15.4. The van der Waals surface area contributed by atoms with Gasteiger partial charge >= 0.3 is 0 Å². The fourth-order valence-electron chi connectivity index (χ4n) is 2.62. The molecule has 0 radical (unpaired) electrons. The van der Waals surface area contributed by atoms with E-state index >= 15 is 0 Å². The summed E-state index contributed by atoms with van der Waals surface area (Å²) in [5.74, 6) is 0.760. The Hall–Kier alpha value is -2.04. The minimum Gasteiger partial charge on any atom is -0.497 e. The van der Waals surface area contributed by atoms with Crippen LogP contribution in [0.25, 0.3) is 0 Å². The maximum atomic E-state index is 12.2. The molecule has 1 unspecified atom stereocenters. The van der Waals surface area contributed by atoms with Crippen LogP contribution in [0.15, 0.2) is 48.5 Å². The molecule has 0 aliphatic heterocycles. The lowest BCUT2D eigenvalue weighted by Crippen LogP contribution is -2.31. The summed E-state index contributed by atoms with van der Waals surface area (Å²) in [5, 5.41) is 11.0. The molecule has 1 atom stereocenters. The molecular weight excluding hydrogens is 338 g/mol. The van der Waals surface area contributed by atoms with Gasteiger partial charge in [0.15, 0.2) is 0 Å². The van der Waals surface area contributed by atoms with Gasteiger partial charge in [-0.3, -0.25) is 4.79 Å². The molecule has 0 aromatic heterocycles. The van der Waals surface area contributed by atoms with E-state index in [4.69, 9.17) is 16.3 Å². The van der Waals surface area contributed by atoms with Crippen molar-refractivity contribution in [2.75, 3.05) is 20.7 Å². The van der Waals surface area contributed by atoms with E-state index in [2.05, 4.69) is 0 Å². The Balaban J connectivity index is 1.78. The fourth-order valence-corrected chi connectivity index (χ4v) is 2.83. The summed E-state index contributed by atoms with van der Waals surface area (Å²) in [7, 11) is 3.32. The number of likely N-dealkylation sites (N-methyl/N-ethyl adjacent to an activating group) is 1. The smallest absolute Gasteiger partial charge is 0.222 e. The monoisotopic (exact) mass is 361 g/mol. The van der Waals surface area contributed by atoms with E-state index in [-0.39, 0.29) is 12.5 Å². The molecule has 0 heterocycles. The van der Waals surface area contributed by atoms with Crippen molar-refractivity contribution >= 4 is 17.5 Å². The SMILES string of the molecule is COc1ccc(C(O)CN(C)C(=O)CCCc2cccc(Cl)c2)cc1. The van der Waals surface area contributed by atoms with Gasteiger partial charge < -0.3 is 14.7 Å². The number of aliphatic hydroxyl groups excluding tert-OH is 1. The molecule has 134 valence electrons. The van der Waals surface area contributed by atoms with Crippen LogP contribution in [-0.4, -0.2) is 36.6 Å². The van der Waals surface area contributed by atoms with Gasteiger partial charge in [-0.1, -0.05) is 35.9 Å². The van der Waals surface area contributed by atoms with Crippen molar-refractivity contribution in [3.63, 3.8) is 0 Å². The van der Waals surface area contributed by atoms with Crippen LogP contribution < -0.4 is 4.74 Å². The third kappa shape index (κ3) is 6.07. The summed E-state index contributed by atoms with van der Waals surface area (Å²) >= 11 is 5.96. The number of aryl methyl sites for hydroxylation is 1. The van der Waals surface area contributed by atoms with E-state index in [0.29, 0.717) is 11.4 Å². The van der Waals surface area contributed by atoms with Crippen molar-refractivity contribution in [1.29, 1.82) is 0 Å². The number of rotatable bonds is 8. The van der Waals surface area contributed by atoms with Crippen LogP contribution in [0.1, 0.15) is 30.1 Å². The van der Waals surface area contributed by atoms with Gasteiger partial charge in [-0.05, 0) is 48.2 Å². The lowest BCUT2D eigenvalue weighted by Gasteiger charge is -2.21. The maximum absolute atomic E-state index is 12.2. The Morgan fingerprint density at radius 1 is 1.24 bits per heavy atom. The van der Waals surface area contributed by atoms with E-state index in [1.54, 1.807) is 43.3 Å². The third-order valence-corrected chi connectivity index (χ3v) is 4.35. The second-order valence-electron chi connectivity index (χ2n) is 6.05. The lowest BCUT2D eigenvalue weighted by molar-refractivity contribution is -0.131. The van der Waals surface area contributed by atoms with Gasteiger partial charge in [0.2, 0.25) is 5.91 Å². The molecule has 0 aliphatic carbocycles. The number of hydrogen-bond donors (Lipinski definition) is 1. The first-order valence-corrected chi connectivity index (χ1v) is 8.68. The average Bonchev–Trinajstić information content (AvgIpc) is 2.61. The zero-order valence-electron chi connectivity index (χ0n) is 14.6. The Bertz CT molecular complexity index is 688. The molecule has 2 aromatic carbocycles. The van der Waals surface area contributed by atoms with E-state index in [9.17, 15) is 9.90 Å². The highest BCUT2D eigenvalue weighted by atomic mass is 35.5. The summed E-state index contributed by atoms with van der Waals surface area (Å²) in [5.41, 5.74) is 1.89. The Kier molecular flexibility index (Phi) is 7.29. The second kappa shape index (κ2) is 9.44. The van der Waals surface area contributed by atoms with Crippen LogP contribution in [0.2, 0.25) is 5.02 Å². The highest BCUT2D eigenvalue weighted by Crippen LogP contribution is 2.19. The molecule has 0 saturated carbocycles. The van der Waals surface area contributed by atoms with Gasteiger partial charge in [0, 0.05) is 18.5 Å². The molecule has 0 spiro atoms. The molecule has 2 rings (SSSR count). The first kappa shape index (κ1) is 19.3. The first-order valence-electron chi connectivity index (χ1n) is 8.30. The highest BCUT2D eigenvalue weighted by molar-refractivity contribution is 6.30. The van der Waals surface area contributed by atoms with E-state index in [0.717, 1.165) is 29.7 Å². The minimum atomic E-state index is -0.715. The molecule has 1 amide bonds. The minimum absolute atomic E-state index is 0.0228. The van der Waals surface area contributed by atoms with Crippen LogP contribution in [0, 0.1) is 0 Å². The first-order chi connectivity index (χ1) is 12.0. The van der Waals surface area contributed by atoms with Crippen molar-refractivity contribution in [1.82, 2.24) is 4.90 Å². The number of aliphatic hydroxyl groups is 1. The molecule has 25 heavy (non-hydrogen) atoms. The predicted molar refractivity (Wildman–Crippen MR) is 100.0 cm³/mol. The molecule has 0 fully saturated rings. The van der Waals surface area contributed by atoms with Crippen molar-refractivity contribution < 1.29 is 14.6 Å². The standard InChI is InChI=1S/C20H24ClNO3/c1-22(14-19(23)16-9-11-18(25-2)12-10-16)20(24)8-4-6-15-5-3-7-17(21)13-15/h3,5,7,9-13,19,23H,4,6,8,14H2,1-2H3. The Morgan fingerprint density at radius 2 is 1.96 bits per heavy atom. The molecule has 0 bridgehead atoms. The number of hydrogen-bond acceptors (Lipinski definition) is 3. The summed E-state index contributed by atoms with van der Waals surface area (Å²) in [4.78, 5) is 13.8. The van der Waals surface area contributed by atoms with Gasteiger partial charge in [0.25, 0.3) is 0 Å². The van der Waals surface area contributed by atoms with Crippen LogP contribution in [-0.2, 0) is 11.2 Å². The van der Waals surface area contributed by atoms with Gasteiger partial charge in [0.05, 0.1) is 19.8 Å². The number of carbonyl (C=O) groups is 1. The number of ether oxygens (including phenoxy) is 1. The summed E-state index contributed by atoms with van der Waals surface area (Å²) in [6, 6.07) is 14.9. The molecule has 1 N–H and O–H groups in total. The van der Waals surface area contributed by atoms with Crippen molar-refractivity contribution in [2.24, 2.45) is 0 Å². The van der Waals surface area contributed by atoms with Crippen LogP contribution in [0.3, 0.4) is 0 Å². The van der Waals surface area contributed by atoms with Crippen LogP contribution in [0.5, 0.6) is 5.75 Å². The average molecular weight is 362 g/mol. The summed E-state index contributed by atoms with van der Waals surface area (Å²) in [6.07, 6.45) is 1.29. The Labute approximate surface area is 154 Å². The van der Waals surface area contributed by atoms with Gasteiger partial charge in [-0.25, -0.2) is 0 Å². The lowest BCUT2D eigenvalue weighted by atomic mass is 10.1. The number of methoxy groups -OCH3 is 1. The molecule has 2 aromatic rings. The molecule has 4 nitrogen and oxygen atoms in total.